The van der Waals surface area contributed by atoms with Gasteiger partial charge in [0.25, 0.3) is 0 Å². The molecule has 0 aliphatic heterocycles. The smallest absolute Gasteiger partial charge is 0.150 e. The monoisotopic (exact) mass is 235 g/mol. The highest BCUT2D eigenvalue weighted by Gasteiger charge is 2.18. The summed E-state index contributed by atoms with van der Waals surface area (Å²) in [7, 11) is -2.78. The number of nitrogens with one attached hydrogen (secondary N) is 1. The van der Waals surface area contributed by atoms with E-state index in [1.807, 2.05) is 0 Å². The topological polar surface area (TPSA) is 46.2 Å². The largest absolute Gasteiger partial charge is 0.316 e. The van der Waals surface area contributed by atoms with Crippen LogP contribution in [0.2, 0.25) is 0 Å². The lowest BCUT2D eigenvalue weighted by Gasteiger charge is -2.24. The number of sulfone groups is 1. The van der Waals surface area contributed by atoms with E-state index in [1.54, 1.807) is 6.92 Å². The first-order valence-corrected chi connectivity index (χ1v) is 7.56. The predicted octanol–water partition coefficient (Wildman–Crippen LogP) is 1.84. The maximum atomic E-state index is 11.3. The van der Waals surface area contributed by atoms with Gasteiger partial charge in [0, 0.05) is 12.3 Å². The molecule has 4 heteroatoms. The van der Waals surface area contributed by atoms with E-state index in [4.69, 9.17) is 0 Å². The Morgan fingerprint density at radius 1 is 1.20 bits per heavy atom. The molecule has 1 N–H and O–H groups in total. The van der Waals surface area contributed by atoms with Crippen LogP contribution in [-0.4, -0.2) is 33.0 Å². The number of rotatable bonds is 8. The fraction of sp³-hybridized carbons (Fsp3) is 1.00. The fourth-order valence-corrected chi connectivity index (χ4v) is 2.34. The molecule has 0 bridgehead atoms. The molecule has 0 saturated heterocycles. The molecule has 0 aromatic rings. The summed E-state index contributed by atoms with van der Waals surface area (Å²) < 4.78 is 22.6. The van der Waals surface area contributed by atoms with Gasteiger partial charge in [-0.25, -0.2) is 8.42 Å². The molecule has 15 heavy (non-hydrogen) atoms. The zero-order valence-corrected chi connectivity index (χ0v) is 11.3. The minimum absolute atomic E-state index is 0.194. The summed E-state index contributed by atoms with van der Waals surface area (Å²) in [6.07, 6.45) is 1.73. The van der Waals surface area contributed by atoms with Gasteiger partial charge in [-0.15, -0.1) is 0 Å². The van der Waals surface area contributed by atoms with Crippen LogP contribution in [-0.2, 0) is 9.84 Å². The lowest BCUT2D eigenvalue weighted by molar-refractivity contribution is 0.314. The van der Waals surface area contributed by atoms with Gasteiger partial charge >= 0.3 is 0 Å². The third-order valence-corrected chi connectivity index (χ3v) is 4.39. The summed E-state index contributed by atoms with van der Waals surface area (Å²) in [5.74, 6) is 0.597. The van der Waals surface area contributed by atoms with Gasteiger partial charge in [0.2, 0.25) is 0 Å². The van der Waals surface area contributed by atoms with Gasteiger partial charge < -0.3 is 5.32 Å². The molecular weight excluding hydrogens is 210 g/mol. The van der Waals surface area contributed by atoms with Crippen molar-refractivity contribution >= 4 is 9.84 Å². The molecule has 0 amide bonds. The minimum Gasteiger partial charge on any atom is -0.316 e. The van der Waals surface area contributed by atoms with Crippen molar-refractivity contribution in [3.05, 3.63) is 0 Å². The summed E-state index contributed by atoms with van der Waals surface area (Å²) in [5.41, 5.74) is 0.194. The Morgan fingerprint density at radius 2 is 1.80 bits per heavy atom. The van der Waals surface area contributed by atoms with E-state index in [9.17, 15) is 8.42 Å². The van der Waals surface area contributed by atoms with Crippen molar-refractivity contribution in [3.8, 4) is 0 Å². The summed E-state index contributed by atoms with van der Waals surface area (Å²) in [5, 5.41) is 3.30. The molecule has 0 unspecified atom stereocenters. The van der Waals surface area contributed by atoms with E-state index in [0.29, 0.717) is 5.75 Å². The molecule has 0 heterocycles. The Morgan fingerprint density at radius 3 is 2.27 bits per heavy atom. The molecule has 0 aliphatic carbocycles. The van der Waals surface area contributed by atoms with Gasteiger partial charge in [-0.05, 0) is 24.8 Å². The molecule has 0 aromatic heterocycles. The maximum absolute atomic E-state index is 11.3. The SMILES string of the molecule is CCNCC(C)(C)CCCS(=O)(=O)CC. The first-order chi connectivity index (χ1) is 6.83. The van der Waals surface area contributed by atoms with Crippen LogP contribution in [0.5, 0.6) is 0 Å². The maximum Gasteiger partial charge on any atom is 0.150 e. The molecule has 0 aliphatic rings. The fourth-order valence-electron chi connectivity index (χ4n) is 1.47. The molecule has 0 saturated carbocycles. The van der Waals surface area contributed by atoms with E-state index >= 15 is 0 Å². The van der Waals surface area contributed by atoms with Crippen LogP contribution in [0.25, 0.3) is 0 Å². The Bertz CT molecular complexity index is 258. The summed E-state index contributed by atoms with van der Waals surface area (Å²) in [4.78, 5) is 0. The minimum atomic E-state index is -2.78. The molecule has 92 valence electrons. The quantitative estimate of drug-likeness (QED) is 0.698. The van der Waals surface area contributed by atoms with Crippen molar-refractivity contribution in [1.29, 1.82) is 0 Å². The van der Waals surface area contributed by atoms with Gasteiger partial charge in [0.05, 0.1) is 5.75 Å². The van der Waals surface area contributed by atoms with E-state index in [-0.39, 0.29) is 11.2 Å². The zero-order chi connectivity index (χ0) is 11.9. The van der Waals surface area contributed by atoms with Crippen molar-refractivity contribution in [3.63, 3.8) is 0 Å². The zero-order valence-electron chi connectivity index (χ0n) is 10.5. The van der Waals surface area contributed by atoms with Crippen molar-refractivity contribution < 1.29 is 8.42 Å². The summed E-state index contributed by atoms with van der Waals surface area (Å²) in [6.45, 7) is 10.1. The molecule has 0 atom stereocenters. The van der Waals surface area contributed by atoms with Crippen LogP contribution in [0, 0.1) is 5.41 Å². The van der Waals surface area contributed by atoms with E-state index in [1.165, 1.54) is 0 Å². The standard InChI is InChI=1S/C11H25NO2S/c1-5-12-10-11(3,4)8-7-9-15(13,14)6-2/h12H,5-10H2,1-4H3. The normalized spacial score (nSPS) is 13.1. The average Bonchev–Trinajstić information content (AvgIpc) is 2.14. The van der Waals surface area contributed by atoms with Crippen molar-refractivity contribution in [1.82, 2.24) is 5.32 Å². The van der Waals surface area contributed by atoms with Crippen LogP contribution in [0.1, 0.15) is 40.5 Å². The highest BCUT2D eigenvalue weighted by Crippen LogP contribution is 2.21. The van der Waals surface area contributed by atoms with Crippen LogP contribution in [0.4, 0.5) is 0 Å². The molecule has 0 spiro atoms. The molecule has 0 fully saturated rings. The number of hydrogen-bond acceptors (Lipinski definition) is 3. The van der Waals surface area contributed by atoms with Gasteiger partial charge in [-0.1, -0.05) is 27.7 Å². The Hall–Kier alpha value is -0.0900. The van der Waals surface area contributed by atoms with E-state index in [2.05, 4.69) is 26.1 Å². The van der Waals surface area contributed by atoms with Gasteiger partial charge in [-0.3, -0.25) is 0 Å². The lowest BCUT2D eigenvalue weighted by Crippen LogP contribution is -2.29. The third-order valence-electron chi connectivity index (χ3n) is 2.60. The van der Waals surface area contributed by atoms with Gasteiger partial charge in [0.15, 0.2) is 0 Å². The molecule has 3 nitrogen and oxygen atoms in total. The highest BCUT2D eigenvalue weighted by atomic mass is 32.2. The third kappa shape index (κ3) is 7.79. The summed E-state index contributed by atoms with van der Waals surface area (Å²) >= 11 is 0. The number of hydrogen-bond donors (Lipinski definition) is 1. The second-order valence-electron chi connectivity index (χ2n) is 4.78. The lowest BCUT2D eigenvalue weighted by atomic mass is 9.88. The van der Waals surface area contributed by atoms with Crippen LogP contribution >= 0.6 is 0 Å². The van der Waals surface area contributed by atoms with Crippen LogP contribution in [0.3, 0.4) is 0 Å². The summed E-state index contributed by atoms with van der Waals surface area (Å²) in [6, 6.07) is 0. The Labute approximate surface area is 94.6 Å². The van der Waals surface area contributed by atoms with Gasteiger partial charge in [-0.2, -0.15) is 0 Å². The molecule has 0 aromatic carbocycles. The van der Waals surface area contributed by atoms with E-state index < -0.39 is 9.84 Å². The van der Waals surface area contributed by atoms with Crippen molar-refractivity contribution in [2.45, 2.75) is 40.5 Å². The second-order valence-corrected chi connectivity index (χ2v) is 7.26. The first-order valence-electron chi connectivity index (χ1n) is 5.74. The first kappa shape index (κ1) is 14.9. The average molecular weight is 235 g/mol. The predicted molar refractivity (Wildman–Crippen MR) is 65.9 cm³/mol. The van der Waals surface area contributed by atoms with E-state index in [0.717, 1.165) is 25.9 Å². The van der Waals surface area contributed by atoms with Crippen molar-refractivity contribution in [2.75, 3.05) is 24.6 Å². The van der Waals surface area contributed by atoms with Crippen LogP contribution in [0.15, 0.2) is 0 Å². The Balaban J connectivity index is 3.84. The molecule has 0 rings (SSSR count). The van der Waals surface area contributed by atoms with Gasteiger partial charge in [0.1, 0.15) is 9.84 Å². The highest BCUT2D eigenvalue weighted by molar-refractivity contribution is 7.91. The Kier molecular flexibility index (Phi) is 6.44. The molecular formula is C11H25NO2S. The van der Waals surface area contributed by atoms with Crippen LogP contribution < -0.4 is 5.32 Å². The molecule has 0 radical (unpaired) electrons. The van der Waals surface area contributed by atoms with Crippen molar-refractivity contribution in [2.24, 2.45) is 5.41 Å². The second kappa shape index (κ2) is 6.48.